The highest BCUT2D eigenvalue weighted by Crippen LogP contribution is 2.52. The first-order valence-electron chi connectivity index (χ1n) is 11.5. The van der Waals surface area contributed by atoms with Gasteiger partial charge in [-0.1, -0.05) is 6.92 Å². The van der Waals surface area contributed by atoms with Crippen molar-refractivity contribution in [1.82, 2.24) is 19.8 Å². The van der Waals surface area contributed by atoms with Crippen molar-refractivity contribution in [1.29, 1.82) is 0 Å². The average Bonchev–Trinajstić information content (AvgIpc) is 3.45. The third-order valence-corrected chi connectivity index (χ3v) is 10.00. The van der Waals surface area contributed by atoms with Gasteiger partial charge in [0.25, 0.3) is 0 Å². The summed E-state index contributed by atoms with van der Waals surface area (Å²) in [7, 11) is -5.68. The summed E-state index contributed by atoms with van der Waals surface area (Å²) in [5.74, 6) is -3.87. The Bertz CT molecular complexity index is 1100. The minimum Gasteiger partial charge on any atom is -0.477 e. The van der Waals surface area contributed by atoms with E-state index in [1.807, 2.05) is 0 Å². The summed E-state index contributed by atoms with van der Waals surface area (Å²) in [6, 6.07) is -2.69. The van der Waals surface area contributed by atoms with Crippen LogP contribution in [0.25, 0.3) is 0 Å². The third kappa shape index (κ3) is 4.61. The first-order valence-corrected chi connectivity index (χ1v) is 13.8. The summed E-state index contributed by atoms with van der Waals surface area (Å²) < 4.78 is 63.0. The minimum atomic E-state index is -5.68. The number of sulfonamides is 1. The standard InChI is InChI=1S/C20H28F3N5O6S2/c1-8-14-13(9(2)26-36(33,34)20(21,22)23)18(30)28(14)15(19(31)32)16(8)35-11-5-12(25-6-11)17(29)27-4-3-10(24)7-27/h8-14,25-26H,3-7,24H2,1-2H3,(H,31,32)/t8-,9-,10-,11+,12+,13-,14-/m1/s1. The molecule has 4 aliphatic rings. The smallest absolute Gasteiger partial charge is 0.477 e. The maximum atomic E-state index is 12.8. The number of carbonyl (C=O) groups is 3. The molecular weight excluding hydrogens is 527 g/mol. The van der Waals surface area contributed by atoms with Gasteiger partial charge >= 0.3 is 21.5 Å². The molecule has 4 aliphatic heterocycles. The lowest BCUT2D eigenvalue weighted by Gasteiger charge is -2.47. The highest BCUT2D eigenvalue weighted by Gasteiger charge is 2.61. The molecule has 0 aromatic rings. The number of thioether (sulfide) groups is 1. The molecule has 4 heterocycles. The molecule has 4 rings (SSSR count). The molecule has 3 fully saturated rings. The van der Waals surface area contributed by atoms with Crippen molar-refractivity contribution in [2.75, 3.05) is 19.6 Å². The molecule has 0 spiro atoms. The Morgan fingerprint density at radius 1 is 1.33 bits per heavy atom. The summed E-state index contributed by atoms with van der Waals surface area (Å²) in [6.45, 7) is 4.31. The van der Waals surface area contributed by atoms with Crippen LogP contribution in [0.5, 0.6) is 0 Å². The van der Waals surface area contributed by atoms with Gasteiger partial charge in [-0.25, -0.2) is 17.9 Å². The van der Waals surface area contributed by atoms with Crippen LogP contribution in [0.15, 0.2) is 10.6 Å². The molecule has 0 radical (unpaired) electrons. The van der Waals surface area contributed by atoms with Gasteiger partial charge in [-0.05, 0) is 19.8 Å². The van der Waals surface area contributed by atoms with E-state index in [0.717, 1.165) is 18.2 Å². The van der Waals surface area contributed by atoms with E-state index in [0.29, 0.717) is 31.0 Å². The molecule has 16 heteroatoms. The number of likely N-dealkylation sites (tertiary alicyclic amines) is 1. The number of carbonyl (C=O) groups excluding carboxylic acids is 2. The van der Waals surface area contributed by atoms with Gasteiger partial charge in [-0.2, -0.15) is 13.2 Å². The highest BCUT2D eigenvalue weighted by atomic mass is 32.2. The van der Waals surface area contributed by atoms with Gasteiger partial charge in [-0.15, -0.1) is 11.8 Å². The van der Waals surface area contributed by atoms with Crippen LogP contribution in [0, 0.1) is 11.8 Å². The predicted octanol–water partition coefficient (Wildman–Crippen LogP) is -0.390. The molecule has 0 aromatic heterocycles. The lowest BCUT2D eigenvalue weighted by Crippen LogP contribution is -2.66. The minimum absolute atomic E-state index is 0.0545. The fraction of sp³-hybridized carbons (Fsp3) is 0.750. The second kappa shape index (κ2) is 9.45. The number of amides is 2. The Kier molecular flexibility index (Phi) is 7.13. The molecule has 3 saturated heterocycles. The van der Waals surface area contributed by atoms with Crippen molar-refractivity contribution < 1.29 is 41.1 Å². The Hall–Kier alpha value is -1.88. The van der Waals surface area contributed by atoms with Crippen LogP contribution in [0.1, 0.15) is 26.7 Å². The molecule has 5 N–H and O–H groups in total. The zero-order valence-corrected chi connectivity index (χ0v) is 21.1. The molecule has 202 valence electrons. The van der Waals surface area contributed by atoms with E-state index in [-0.39, 0.29) is 22.9 Å². The lowest BCUT2D eigenvalue weighted by molar-refractivity contribution is -0.158. The normalized spacial score (nSPS) is 33.7. The number of β-lactam (4-membered cyclic amide) rings is 1. The number of alkyl halides is 3. The predicted molar refractivity (Wildman–Crippen MR) is 122 cm³/mol. The quantitative estimate of drug-likeness (QED) is 0.307. The summed E-state index contributed by atoms with van der Waals surface area (Å²) >= 11 is 1.23. The molecule has 11 nitrogen and oxygen atoms in total. The van der Waals surface area contributed by atoms with Crippen LogP contribution >= 0.6 is 11.8 Å². The van der Waals surface area contributed by atoms with E-state index in [1.54, 1.807) is 11.8 Å². The van der Waals surface area contributed by atoms with Gasteiger partial charge in [0.15, 0.2) is 0 Å². The van der Waals surface area contributed by atoms with Crippen molar-refractivity contribution in [3.8, 4) is 0 Å². The molecule has 36 heavy (non-hydrogen) atoms. The average molecular weight is 556 g/mol. The van der Waals surface area contributed by atoms with Crippen LogP contribution < -0.4 is 15.8 Å². The lowest BCUT2D eigenvalue weighted by atomic mass is 9.78. The number of aliphatic carboxylic acids is 1. The van der Waals surface area contributed by atoms with Crippen LogP contribution in [-0.2, 0) is 24.4 Å². The van der Waals surface area contributed by atoms with E-state index in [9.17, 15) is 41.1 Å². The zero-order chi connectivity index (χ0) is 26.7. The second-order valence-corrected chi connectivity index (χ2v) is 12.7. The van der Waals surface area contributed by atoms with E-state index in [2.05, 4.69) is 5.32 Å². The molecule has 0 bridgehead atoms. The molecular formula is C20H28F3N5O6S2. The SMILES string of the molecule is C[C@@H](NS(=O)(=O)C(F)(F)F)[C@H]1C(=O)N2C(C(=O)O)=C(S[C@@H]3CN[C@H](C(=O)N4CC[C@@H](N)C4)C3)[C@H](C)[C@H]12. The fourth-order valence-electron chi connectivity index (χ4n) is 5.45. The van der Waals surface area contributed by atoms with Gasteiger partial charge < -0.3 is 26.0 Å². The fourth-order valence-corrected chi connectivity index (χ4v) is 7.70. The van der Waals surface area contributed by atoms with Crippen LogP contribution in [0.2, 0.25) is 0 Å². The number of carboxylic acids is 1. The summed E-state index contributed by atoms with van der Waals surface area (Å²) in [5.41, 5.74) is 0.0984. The highest BCUT2D eigenvalue weighted by molar-refractivity contribution is 8.03. The number of hydrogen-bond acceptors (Lipinski definition) is 8. The van der Waals surface area contributed by atoms with Gasteiger partial charge in [-0.3, -0.25) is 9.59 Å². The van der Waals surface area contributed by atoms with Crippen molar-refractivity contribution in [3.05, 3.63) is 10.6 Å². The summed E-state index contributed by atoms with van der Waals surface area (Å²) in [4.78, 5) is 40.8. The maximum Gasteiger partial charge on any atom is 0.511 e. The zero-order valence-electron chi connectivity index (χ0n) is 19.5. The molecule has 7 atom stereocenters. The van der Waals surface area contributed by atoms with Crippen molar-refractivity contribution >= 4 is 39.6 Å². The van der Waals surface area contributed by atoms with Crippen LogP contribution in [0.3, 0.4) is 0 Å². The Balaban J connectivity index is 1.46. The second-order valence-electron chi connectivity index (χ2n) is 9.66. The third-order valence-electron chi connectivity index (χ3n) is 7.19. The molecule has 0 unspecified atom stereocenters. The molecule has 0 aromatic carbocycles. The molecule has 0 saturated carbocycles. The summed E-state index contributed by atoms with van der Waals surface area (Å²) in [5, 5.41) is 12.8. The largest absolute Gasteiger partial charge is 0.511 e. The number of carboxylic acid groups (broad SMARTS) is 1. The van der Waals surface area contributed by atoms with Crippen LogP contribution in [-0.4, -0.2) is 95.7 Å². The topological polar surface area (TPSA) is 162 Å². The Labute approximate surface area is 210 Å². The van der Waals surface area contributed by atoms with E-state index in [1.165, 1.54) is 16.5 Å². The Morgan fingerprint density at radius 3 is 2.56 bits per heavy atom. The van der Waals surface area contributed by atoms with Crippen molar-refractivity contribution in [2.45, 2.75) is 61.6 Å². The van der Waals surface area contributed by atoms with E-state index < -0.39 is 57.4 Å². The number of nitrogens with zero attached hydrogens (tertiary/aromatic N) is 2. The van der Waals surface area contributed by atoms with Gasteiger partial charge in [0, 0.05) is 47.8 Å². The molecule has 0 aliphatic carbocycles. The van der Waals surface area contributed by atoms with Gasteiger partial charge in [0.1, 0.15) is 5.70 Å². The van der Waals surface area contributed by atoms with E-state index >= 15 is 0 Å². The van der Waals surface area contributed by atoms with Crippen molar-refractivity contribution in [3.63, 3.8) is 0 Å². The summed E-state index contributed by atoms with van der Waals surface area (Å²) in [6.07, 6.45) is 1.16. The number of fused-ring (bicyclic) bond motifs is 1. The van der Waals surface area contributed by atoms with Gasteiger partial charge in [0.05, 0.1) is 18.0 Å². The Morgan fingerprint density at radius 2 is 2.00 bits per heavy atom. The molecule has 2 amide bonds. The maximum absolute atomic E-state index is 12.8. The number of nitrogens with one attached hydrogen (secondary N) is 2. The van der Waals surface area contributed by atoms with Gasteiger partial charge in [0.2, 0.25) is 11.8 Å². The number of hydrogen-bond donors (Lipinski definition) is 4. The monoisotopic (exact) mass is 555 g/mol. The first kappa shape index (κ1) is 27.2. The van der Waals surface area contributed by atoms with Crippen LogP contribution in [0.4, 0.5) is 13.2 Å². The number of halogens is 3. The first-order chi connectivity index (χ1) is 16.6. The van der Waals surface area contributed by atoms with E-state index in [4.69, 9.17) is 5.73 Å². The number of rotatable bonds is 7. The van der Waals surface area contributed by atoms with Crippen molar-refractivity contribution in [2.24, 2.45) is 17.6 Å². The number of nitrogens with two attached hydrogens (primary N) is 1.